The third-order valence-electron chi connectivity index (χ3n) is 2.08. The van der Waals surface area contributed by atoms with Crippen LogP contribution in [-0.2, 0) is 0 Å². The number of rotatable bonds is 5. The molecule has 1 saturated carbocycles. The molecule has 0 aliphatic heterocycles. The van der Waals surface area contributed by atoms with Gasteiger partial charge in [-0.25, -0.2) is 5.53 Å². The molecule has 0 heterocycles. The molecule has 0 bridgehead atoms. The summed E-state index contributed by atoms with van der Waals surface area (Å²) >= 11 is 0. The molecule has 0 amide bonds. The molecule has 2 rings (SSSR count). The maximum Gasteiger partial charge on any atom is 0.119 e. The van der Waals surface area contributed by atoms with Crippen LogP contribution in [0.2, 0.25) is 0 Å². The van der Waals surface area contributed by atoms with Crippen LogP contribution in [0, 0.1) is 5.53 Å². The highest BCUT2D eigenvalue weighted by molar-refractivity contribution is 5.48. The molecule has 0 spiro atoms. The second kappa shape index (κ2) is 4.59. The highest BCUT2D eigenvalue weighted by Crippen LogP contribution is 2.27. The summed E-state index contributed by atoms with van der Waals surface area (Å²) < 4.78 is 5.61. The minimum absolute atomic E-state index is 0.436. The Kier molecular flexibility index (Phi) is 2.97. The van der Waals surface area contributed by atoms with E-state index in [-0.39, 0.29) is 0 Å². The lowest BCUT2D eigenvalue weighted by Crippen LogP contribution is -1.95. The first-order valence-corrected chi connectivity index (χ1v) is 4.93. The Morgan fingerprint density at radius 3 is 2.67 bits per heavy atom. The van der Waals surface area contributed by atoms with Gasteiger partial charge in [0.25, 0.3) is 0 Å². The van der Waals surface area contributed by atoms with Crippen LogP contribution in [0.3, 0.4) is 0 Å². The molecule has 1 aliphatic carbocycles. The maximum atomic E-state index is 6.56. The van der Waals surface area contributed by atoms with Gasteiger partial charge in [-0.1, -0.05) is 0 Å². The van der Waals surface area contributed by atoms with Gasteiger partial charge in [-0.05, 0) is 37.1 Å². The van der Waals surface area contributed by atoms with E-state index < -0.39 is 0 Å². The molecule has 0 unspecified atom stereocenters. The zero-order valence-corrected chi connectivity index (χ0v) is 8.31. The molecule has 2 N–H and O–H groups in total. The minimum atomic E-state index is 0.436. The maximum absolute atomic E-state index is 6.56. The summed E-state index contributed by atoms with van der Waals surface area (Å²) in [5.41, 5.74) is 7.52. The lowest BCUT2D eigenvalue weighted by atomic mass is 10.3. The monoisotopic (exact) mass is 203 g/mol. The van der Waals surface area contributed by atoms with Gasteiger partial charge in [0, 0.05) is 11.9 Å². The fourth-order valence-corrected chi connectivity index (χ4v) is 1.18. The summed E-state index contributed by atoms with van der Waals surface area (Å²) in [5.74, 6) is 0.914. The Hall–Kier alpha value is -1.84. The molecule has 1 aromatic carbocycles. The molecule has 0 aromatic heterocycles. The topological polar surface area (TPSA) is 57.5 Å². The molecule has 1 aliphatic rings. The van der Waals surface area contributed by atoms with Crippen molar-refractivity contribution in [2.75, 3.05) is 5.32 Å². The fraction of sp³-hybridized carbons (Fsp3) is 0.273. The molecule has 0 radical (unpaired) electrons. The van der Waals surface area contributed by atoms with Gasteiger partial charge in [0.2, 0.25) is 0 Å². The van der Waals surface area contributed by atoms with Gasteiger partial charge in [0.05, 0.1) is 12.3 Å². The normalized spacial score (nSPS) is 15.2. The van der Waals surface area contributed by atoms with E-state index in [1.807, 2.05) is 24.3 Å². The summed E-state index contributed by atoms with van der Waals surface area (Å²) in [5, 5.41) is 6.09. The molecular weight excluding hydrogens is 190 g/mol. The fourth-order valence-electron chi connectivity index (χ4n) is 1.18. The summed E-state index contributed by atoms with van der Waals surface area (Å²) in [7, 11) is 0. The summed E-state index contributed by atoms with van der Waals surface area (Å²) in [6, 6.07) is 7.75. The van der Waals surface area contributed by atoms with E-state index in [9.17, 15) is 0 Å². The first kappa shape index (κ1) is 9.71. The number of hydrogen-bond donors (Lipinski definition) is 2. The predicted octanol–water partition coefficient (Wildman–Crippen LogP) is 3.14. The zero-order chi connectivity index (χ0) is 10.5. The van der Waals surface area contributed by atoms with Crippen molar-refractivity contribution in [3.63, 3.8) is 0 Å². The number of nitrogens with zero attached hydrogens (tertiary/aromatic N) is 1. The molecule has 78 valence electrons. The van der Waals surface area contributed by atoms with Gasteiger partial charge in [-0.15, -0.1) is 0 Å². The molecule has 4 nitrogen and oxygen atoms in total. The van der Waals surface area contributed by atoms with Crippen molar-refractivity contribution in [3.8, 4) is 5.75 Å². The van der Waals surface area contributed by atoms with Gasteiger partial charge in [0.15, 0.2) is 0 Å². The molecule has 4 heteroatoms. The first-order chi connectivity index (χ1) is 7.38. The van der Waals surface area contributed by atoms with Crippen molar-refractivity contribution in [2.45, 2.75) is 18.9 Å². The van der Waals surface area contributed by atoms with Crippen LogP contribution in [0.4, 0.5) is 5.69 Å². The average Bonchev–Trinajstić information content (AvgIpc) is 3.05. The van der Waals surface area contributed by atoms with Crippen LogP contribution in [0.1, 0.15) is 12.8 Å². The predicted molar refractivity (Wildman–Crippen MR) is 58.0 cm³/mol. The van der Waals surface area contributed by atoms with E-state index in [0.717, 1.165) is 11.4 Å². The summed E-state index contributed by atoms with van der Waals surface area (Å²) in [6.07, 6.45) is 5.78. The quantitative estimate of drug-likeness (QED) is 0.722. The van der Waals surface area contributed by atoms with E-state index in [2.05, 4.69) is 10.4 Å². The lowest BCUT2D eigenvalue weighted by molar-refractivity contribution is 0.303. The molecule has 1 aromatic rings. The summed E-state index contributed by atoms with van der Waals surface area (Å²) in [6.45, 7) is 0. The van der Waals surface area contributed by atoms with Crippen LogP contribution in [0.15, 0.2) is 41.8 Å². The Morgan fingerprint density at radius 2 is 2.07 bits per heavy atom. The van der Waals surface area contributed by atoms with Gasteiger partial charge in [-0.2, -0.15) is 5.11 Å². The standard InChI is InChI=1S/C11H13N3O/c12-14-8-7-13-9-1-3-10(4-2-9)15-11-5-6-11/h1-4,7-8,11-13H,5-6H2/b8-7-,14-12?. The van der Waals surface area contributed by atoms with Gasteiger partial charge < -0.3 is 10.1 Å². The van der Waals surface area contributed by atoms with E-state index in [0.29, 0.717) is 6.10 Å². The number of hydrogen-bond acceptors (Lipinski definition) is 4. The lowest BCUT2D eigenvalue weighted by Gasteiger charge is -2.05. The Balaban J connectivity index is 1.90. The zero-order valence-electron chi connectivity index (χ0n) is 8.31. The van der Waals surface area contributed by atoms with Crippen LogP contribution < -0.4 is 10.1 Å². The number of nitrogens with one attached hydrogen (secondary N) is 2. The SMILES string of the molecule is N=N/C=C\Nc1ccc(OC2CC2)cc1. The van der Waals surface area contributed by atoms with Crippen molar-refractivity contribution in [3.05, 3.63) is 36.7 Å². The average molecular weight is 203 g/mol. The number of benzene rings is 1. The Labute approximate surface area is 88.5 Å². The van der Waals surface area contributed by atoms with Crippen molar-refractivity contribution < 1.29 is 4.74 Å². The molecule has 15 heavy (non-hydrogen) atoms. The van der Waals surface area contributed by atoms with E-state index in [1.165, 1.54) is 19.0 Å². The third kappa shape index (κ3) is 3.09. The minimum Gasteiger partial charge on any atom is -0.490 e. The van der Waals surface area contributed by atoms with Crippen LogP contribution >= 0.6 is 0 Å². The van der Waals surface area contributed by atoms with Crippen molar-refractivity contribution in [1.82, 2.24) is 0 Å². The largest absolute Gasteiger partial charge is 0.490 e. The van der Waals surface area contributed by atoms with E-state index >= 15 is 0 Å². The van der Waals surface area contributed by atoms with E-state index in [1.54, 1.807) is 6.20 Å². The van der Waals surface area contributed by atoms with Crippen molar-refractivity contribution in [2.24, 2.45) is 5.11 Å². The second-order valence-electron chi connectivity index (χ2n) is 3.43. The first-order valence-electron chi connectivity index (χ1n) is 4.93. The van der Waals surface area contributed by atoms with E-state index in [4.69, 9.17) is 10.3 Å². The van der Waals surface area contributed by atoms with Gasteiger partial charge in [0.1, 0.15) is 5.75 Å². The smallest absolute Gasteiger partial charge is 0.119 e. The number of ether oxygens (including phenoxy) is 1. The van der Waals surface area contributed by atoms with Crippen LogP contribution in [0.25, 0.3) is 0 Å². The Bertz CT molecular complexity index is 355. The molecular formula is C11H13N3O. The van der Waals surface area contributed by atoms with Crippen molar-refractivity contribution in [1.29, 1.82) is 5.53 Å². The third-order valence-corrected chi connectivity index (χ3v) is 2.08. The molecule has 0 atom stereocenters. The number of anilines is 1. The van der Waals surface area contributed by atoms with Gasteiger partial charge >= 0.3 is 0 Å². The highest BCUT2D eigenvalue weighted by atomic mass is 16.5. The van der Waals surface area contributed by atoms with Crippen molar-refractivity contribution >= 4 is 5.69 Å². The summed E-state index contributed by atoms with van der Waals surface area (Å²) in [4.78, 5) is 0. The van der Waals surface area contributed by atoms with Gasteiger partial charge in [-0.3, -0.25) is 0 Å². The molecule has 0 saturated heterocycles. The van der Waals surface area contributed by atoms with Crippen LogP contribution in [0.5, 0.6) is 5.75 Å². The highest BCUT2D eigenvalue weighted by Gasteiger charge is 2.23. The Morgan fingerprint density at radius 1 is 1.33 bits per heavy atom. The van der Waals surface area contributed by atoms with Crippen LogP contribution in [-0.4, -0.2) is 6.10 Å². The molecule has 1 fully saturated rings. The second-order valence-corrected chi connectivity index (χ2v) is 3.43.